The van der Waals surface area contributed by atoms with Crippen molar-refractivity contribution < 1.29 is 4.74 Å². The summed E-state index contributed by atoms with van der Waals surface area (Å²) in [7, 11) is 0. The molecule has 2 aromatic rings. The van der Waals surface area contributed by atoms with Gasteiger partial charge in [-0.2, -0.15) is 0 Å². The van der Waals surface area contributed by atoms with Crippen molar-refractivity contribution in [1.82, 2.24) is 4.98 Å². The molecule has 0 N–H and O–H groups in total. The maximum atomic E-state index is 6.16. The summed E-state index contributed by atoms with van der Waals surface area (Å²) < 4.78 is 5.77. The van der Waals surface area contributed by atoms with Crippen LogP contribution in [0.4, 0.5) is 0 Å². The average molecular weight is 248 g/mol. The van der Waals surface area contributed by atoms with Gasteiger partial charge in [0, 0.05) is 10.9 Å². The molecule has 1 aromatic heterocycles. The molecule has 0 saturated heterocycles. The second-order valence-corrected chi connectivity index (χ2v) is 4.85. The number of para-hydroxylation sites is 1. The summed E-state index contributed by atoms with van der Waals surface area (Å²) >= 11 is 6.16. The lowest BCUT2D eigenvalue weighted by Gasteiger charge is -2.25. The zero-order valence-corrected chi connectivity index (χ0v) is 10.3. The van der Waals surface area contributed by atoms with Gasteiger partial charge in [0.2, 0.25) is 0 Å². The molecular weight excluding hydrogens is 234 g/mol. The van der Waals surface area contributed by atoms with E-state index in [2.05, 4.69) is 11.1 Å². The number of hydrogen-bond acceptors (Lipinski definition) is 2. The molecule has 0 aliphatic heterocycles. The summed E-state index contributed by atoms with van der Waals surface area (Å²) in [5, 5.41) is 1.67. The first kappa shape index (κ1) is 11.0. The minimum atomic E-state index is 0.428. The monoisotopic (exact) mass is 247 g/mol. The fourth-order valence-corrected chi connectivity index (χ4v) is 2.18. The Bertz CT molecular complexity index is 537. The summed E-state index contributed by atoms with van der Waals surface area (Å²) in [5.41, 5.74) is 1.92. The lowest BCUT2D eigenvalue weighted by Crippen LogP contribution is -2.21. The highest BCUT2D eigenvalue weighted by Gasteiger charge is 2.18. The van der Waals surface area contributed by atoms with Crippen LogP contribution in [0.15, 0.2) is 30.3 Å². The summed E-state index contributed by atoms with van der Waals surface area (Å²) in [6.45, 7) is 0.571. The van der Waals surface area contributed by atoms with Crippen LogP contribution in [0.3, 0.4) is 0 Å². The van der Waals surface area contributed by atoms with Crippen LogP contribution in [-0.4, -0.2) is 11.1 Å². The minimum Gasteiger partial charge on any atom is -0.373 e. The van der Waals surface area contributed by atoms with E-state index < -0.39 is 0 Å². The molecule has 88 valence electrons. The topological polar surface area (TPSA) is 22.1 Å². The van der Waals surface area contributed by atoms with E-state index in [0.29, 0.717) is 17.9 Å². The molecule has 1 heterocycles. The number of rotatable bonds is 3. The van der Waals surface area contributed by atoms with Crippen molar-refractivity contribution in [2.45, 2.75) is 32.0 Å². The van der Waals surface area contributed by atoms with E-state index in [0.717, 1.165) is 16.5 Å². The first-order valence-corrected chi connectivity index (χ1v) is 6.36. The Morgan fingerprint density at radius 1 is 1.29 bits per heavy atom. The molecule has 17 heavy (non-hydrogen) atoms. The summed E-state index contributed by atoms with van der Waals surface area (Å²) in [5.74, 6) is 0. The van der Waals surface area contributed by atoms with Crippen LogP contribution in [0.1, 0.15) is 24.8 Å². The van der Waals surface area contributed by atoms with E-state index in [4.69, 9.17) is 16.3 Å². The Labute approximate surface area is 106 Å². The van der Waals surface area contributed by atoms with Crippen molar-refractivity contribution >= 4 is 22.5 Å². The van der Waals surface area contributed by atoms with Crippen LogP contribution in [0.5, 0.6) is 0 Å². The molecule has 0 unspecified atom stereocenters. The van der Waals surface area contributed by atoms with Crippen LogP contribution in [-0.2, 0) is 11.3 Å². The summed E-state index contributed by atoms with van der Waals surface area (Å²) in [4.78, 5) is 4.38. The van der Waals surface area contributed by atoms with Gasteiger partial charge in [-0.15, -0.1) is 0 Å². The van der Waals surface area contributed by atoms with Crippen molar-refractivity contribution in [3.05, 3.63) is 41.0 Å². The molecule has 0 amide bonds. The van der Waals surface area contributed by atoms with Gasteiger partial charge < -0.3 is 4.74 Å². The molecule has 2 nitrogen and oxygen atoms in total. The Morgan fingerprint density at radius 2 is 2.12 bits per heavy atom. The fraction of sp³-hybridized carbons (Fsp3) is 0.357. The van der Waals surface area contributed by atoms with Crippen molar-refractivity contribution in [3.8, 4) is 0 Å². The third kappa shape index (κ3) is 2.28. The van der Waals surface area contributed by atoms with E-state index in [1.807, 2.05) is 24.3 Å². The van der Waals surface area contributed by atoms with Gasteiger partial charge in [0.25, 0.3) is 0 Å². The summed E-state index contributed by atoms with van der Waals surface area (Å²) in [6.07, 6.45) is 4.07. The molecule has 0 radical (unpaired) electrons. The molecule has 3 rings (SSSR count). The van der Waals surface area contributed by atoms with Gasteiger partial charge in [-0.05, 0) is 31.4 Å². The fourth-order valence-electron chi connectivity index (χ4n) is 1.98. The van der Waals surface area contributed by atoms with Crippen LogP contribution < -0.4 is 0 Å². The first-order valence-electron chi connectivity index (χ1n) is 5.99. The standard InChI is InChI=1S/C14H14ClNO/c15-14-11(9-17-12-5-3-6-12)8-10-4-1-2-7-13(10)16-14/h1-2,4,7-8,12H,3,5-6,9H2. The molecule has 1 aliphatic carbocycles. The minimum absolute atomic E-state index is 0.428. The lowest BCUT2D eigenvalue weighted by molar-refractivity contribution is -0.00867. The van der Waals surface area contributed by atoms with Gasteiger partial charge in [0.1, 0.15) is 5.15 Å². The number of hydrogen-bond donors (Lipinski definition) is 0. The highest BCUT2D eigenvalue weighted by molar-refractivity contribution is 6.30. The number of nitrogens with zero attached hydrogens (tertiary/aromatic N) is 1. The average Bonchev–Trinajstić information content (AvgIpc) is 2.27. The smallest absolute Gasteiger partial charge is 0.135 e. The van der Waals surface area contributed by atoms with Crippen molar-refractivity contribution in [2.24, 2.45) is 0 Å². The van der Waals surface area contributed by atoms with Gasteiger partial charge in [-0.3, -0.25) is 0 Å². The van der Waals surface area contributed by atoms with E-state index in [-0.39, 0.29) is 0 Å². The van der Waals surface area contributed by atoms with E-state index in [1.165, 1.54) is 19.3 Å². The molecule has 0 bridgehead atoms. The quantitative estimate of drug-likeness (QED) is 0.766. The van der Waals surface area contributed by atoms with E-state index in [9.17, 15) is 0 Å². The first-order chi connectivity index (χ1) is 8.33. The number of pyridine rings is 1. The zero-order valence-electron chi connectivity index (χ0n) is 9.53. The van der Waals surface area contributed by atoms with Crippen LogP contribution in [0.2, 0.25) is 5.15 Å². The number of fused-ring (bicyclic) bond motifs is 1. The maximum absolute atomic E-state index is 6.16. The largest absolute Gasteiger partial charge is 0.373 e. The number of ether oxygens (including phenoxy) is 1. The molecule has 1 fully saturated rings. The number of halogens is 1. The van der Waals surface area contributed by atoms with Gasteiger partial charge in [0.05, 0.1) is 18.2 Å². The van der Waals surface area contributed by atoms with Crippen LogP contribution in [0.25, 0.3) is 10.9 Å². The lowest BCUT2D eigenvalue weighted by atomic mass is 9.96. The van der Waals surface area contributed by atoms with Crippen molar-refractivity contribution in [3.63, 3.8) is 0 Å². The highest BCUT2D eigenvalue weighted by atomic mass is 35.5. The van der Waals surface area contributed by atoms with Gasteiger partial charge >= 0.3 is 0 Å². The second-order valence-electron chi connectivity index (χ2n) is 4.49. The number of benzene rings is 1. The van der Waals surface area contributed by atoms with Gasteiger partial charge in [-0.1, -0.05) is 29.8 Å². The van der Waals surface area contributed by atoms with Crippen molar-refractivity contribution in [2.75, 3.05) is 0 Å². The molecular formula is C14H14ClNO. The van der Waals surface area contributed by atoms with Gasteiger partial charge in [0.15, 0.2) is 0 Å². The van der Waals surface area contributed by atoms with E-state index >= 15 is 0 Å². The third-order valence-corrected chi connectivity index (χ3v) is 3.60. The molecule has 3 heteroatoms. The number of aromatic nitrogens is 1. The Hall–Kier alpha value is -1.12. The third-order valence-electron chi connectivity index (χ3n) is 3.28. The highest BCUT2D eigenvalue weighted by Crippen LogP contribution is 2.26. The molecule has 1 aliphatic rings. The normalized spacial score (nSPS) is 16.1. The van der Waals surface area contributed by atoms with Gasteiger partial charge in [-0.25, -0.2) is 4.98 Å². The molecule has 0 spiro atoms. The molecule has 0 atom stereocenters. The molecule has 1 saturated carbocycles. The Balaban J connectivity index is 1.84. The van der Waals surface area contributed by atoms with Crippen LogP contribution in [0, 0.1) is 0 Å². The van der Waals surface area contributed by atoms with E-state index in [1.54, 1.807) is 0 Å². The van der Waals surface area contributed by atoms with Crippen LogP contribution >= 0.6 is 11.6 Å². The second kappa shape index (κ2) is 4.63. The molecule has 1 aromatic carbocycles. The Kier molecular flexibility index (Phi) is 3.00. The predicted molar refractivity (Wildman–Crippen MR) is 69.2 cm³/mol. The summed E-state index contributed by atoms with van der Waals surface area (Å²) in [6, 6.07) is 10.1. The SMILES string of the molecule is Clc1nc2ccccc2cc1COC1CCC1. The Morgan fingerprint density at radius 3 is 2.88 bits per heavy atom. The zero-order chi connectivity index (χ0) is 11.7. The maximum Gasteiger partial charge on any atom is 0.135 e. The predicted octanol–water partition coefficient (Wildman–Crippen LogP) is 3.96. The van der Waals surface area contributed by atoms with Crippen molar-refractivity contribution in [1.29, 1.82) is 0 Å².